The van der Waals surface area contributed by atoms with Gasteiger partial charge in [-0.1, -0.05) is 0 Å². The van der Waals surface area contributed by atoms with E-state index in [2.05, 4.69) is 15.6 Å². The second kappa shape index (κ2) is 10.1. The van der Waals surface area contributed by atoms with Crippen molar-refractivity contribution in [1.82, 2.24) is 15.6 Å². The molecule has 190 valence electrons. The van der Waals surface area contributed by atoms with Gasteiger partial charge in [-0.05, 0) is 57.0 Å². The summed E-state index contributed by atoms with van der Waals surface area (Å²) in [5.74, 6) is -2.86. The van der Waals surface area contributed by atoms with E-state index in [-0.39, 0.29) is 48.9 Å². The standard InChI is InChI=1S/C23H25F4N3O5/c1-22(2,3)35-21(33)29-11-14-9-13-8-12(10-15(19(13)34-14)23(25,26)27)17-5-4-16(24)18(30-17)20(32)28-6-7-31/h4-5,9-10,13,31H,6-8,11H2,1-3H3,(H,28,32)(H,29,33). The minimum atomic E-state index is -4.76. The van der Waals surface area contributed by atoms with Crippen LogP contribution in [0.2, 0.25) is 0 Å². The first-order chi connectivity index (χ1) is 16.3. The number of alkyl halides is 3. The summed E-state index contributed by atoms with van der Waals surface area (Å²) >= 11 is 0. The highest BCUT2D eigenvalue weighted by atomic mass is 19.4. The number of aliphatic hydroxyl groups excluding tert-OH is 1. The number of aromatic nitrogens is 1. The molecular weight excluding hydrogens is 474 g/mol. The smallest absolute Gasteiger partial charge is 0.419 e. The lowest BCUT2D eigenvalue weighted by Gasteiger charge is -2.23. The van der Waals surface area contributed by atoms with Crippen molar-refractivity contribution in [2.75, 3.05) is 19.7 Å². The van der Waals surface area contributed by atoms with Crippen LogP contribution in [0.15, 0.2) is 41.4 Å². The Balaban J connectivity index is 1.85. The van der Waals surface area contributed by atoms with Crippen LogP contribution >= 0.6 is 0 Å². The third-order valence-electron chi connectivity index (χ3n) is 4.89. The van der Waals surface area contributed by atoms with E-state index in [0.717, 1.165) is 12.1 Å². The molecule has 0 fully saturated rings. The fourth-order valence-corrected chi connectivity index (χ4v) is 3.50. The Hall–Kier alpha value is -3.41. The maximum absolute atomic E-state index is 14.1. The molecule has 0 saturated heterocycles. The van der Waals surface area contributed by atoms with E-state index in [4.69, 9.17) is 14.6 Å². The van der Waals surface area contributed by atoms with E-state index in [1.54, 1.807) is 20.8 Å². The van der Waals surface area contributed by atoms with Crippen LogP contribution in [-0.4, -0.2) is 53.6 Å². The minimum Gasteiger partial charge on any atom is -0.463 e. The van der Waals surface area contributed by atoms with Gasteiger partial charge >= 0.3 is 12.3 Å². The lowest BCUT2D eigenvalue weighted by atomic mass is 9.87. The highest BCUT2D eigenvalue weighted by Crippen LogP contribution is 2.45. The number of aliphatic hydroxyl groups is 1. The van der Waals surface area contributed by atoms with Crippen molar-refractivity contribution in [3.05, 3.63) is 58.6 Å². The van der Waals surface area contributed by atoms with Crippen LogP contribution in [0.1, 0.15) is 43.4 Å². The van der Waals surface area contributed by atoms with Gasteiger partial charge in [0, 0.05) is 12.5 Å². The molecule has 2 heterocycles. The summed E-state index contributed by atoms with van der Waals surface area (Å²) in [7, 11) is 0. The molecular formula is C23H25F4N3O5. The molecule has 0 radical (unpaired) electrons. The van der Waals surface area contributed by atoms with Gasteiger partial charge in [-0.25, -0.2) is 14.2 Å². The Morgan fingerprint density at radius 2 is 1.94 bits per heavy atom. The van der Waals surface area contributed by atoms with Gasteiger partial charge in [-0.15, -0.1) is 0 Å². The first-order valence-electron chi connectivity index (χ1n) is 10.7. The number of carbonyl (C=O) groups is 2. The van der Waals surface area contributed by atoms with Crippen molar-refractivity contribution in [3.8, 4) is 0 Å². The molecule has 35 heavy (non-hydrogen) atoms. The summed E-state index contributed by atoms with van der Waals surface area (Å²) in [5.41, 5.74) is -2.26. The molecule has 1 aliphatic heterocycles. The van der Waals surface area contributed by atoms with E-state index in [1.807, 2.05) is 0 Å². The molecule has 1 aromatic rings. The van der Waals surface area contributed by atoms with Gasteiger partial charge in [0.25, 0.3) is 5.91 Å². The number of alkyl carbamates (subject to hydrolysis) is 1. The van der Waals surface area contributed by atoms with Crippen LogP contribution in [0.4, 0.5) is 22.4 Å². The topological polar surface area (TPSA) is 110 Å². The first-order valence-corrected chi connectivity index (χ1v) is 10.7. The summed E-state index contributed by atoms with van der Waals surface area (Å²) in [6.07, 6.45) is -3.14. The lowest BCUT2D eigenvalue weighted by Crippen LogP contribution is -2.33. The van der Waals surface area contributed by atoms with Gasteiger partial charge in [-0.2, -0.15) is 13.2 Å². The fourth-order valence-electron chi connectivity index (χ4n) is 3.50. The Morgan fingerprint density at radius 3 is 2.57 bits per heavy atom. The van der Waals surface area contributed by atoms with Gasteiger partial charge in [0.2, 0.25) is 0 Å². The van der Waals surface area contributed by atoms with Crippen LogP contribution in [0, 0.1) is 11.7 Å². The number of hydrogen-bond donors (Lipinski definition) is 3. The van der Waals surface area contributed by atoms with Crippen LogP contribution in [-0.2, 0) is 9.47 Å². The Labute approximate surface area is 198 Å². The normalized spacial score (nSPS) is 17.8. The molecule has 0 saturated carbocycles. The zero-order valence-corrected chi connectivity index (χ0v) is 19.3. The molecule has 3 rings (SSSR count). The number of nitrogens with one attached hydrogen (secondary N) is 2. The molecule has 8 nitrogen and oxygen atoms in total. The SMILES string of the molecule is CC(C)(C)OC(=O)NCC1=CC2CC(c3ccc(F)c(C(=O)NCCO)n3)=CC(C(F)(F)F)=C2O1. The largest absolute Gasteiger partial charge is 0.463 e. The predicted molar refractivity (Wildman–Crippen MR) is 116 cm³/mol. The maximum Gasteiger partial charge on any atom is 0.419 e. The van der Waals surface area contributed by atoms with Crippen LogP contribution < -0.4 is 10.6 Å². The number of nitrogens with zero attached hydrogens (tertiary/aromatic N) is 1. The minimum absolute atomic E-state index is 0.00456. The van der Waals surface area contributed by atoms with Crippen LogP contribution in [0.25, 0.3) is 5.57 Å². The molecule has 0 aromatic carbocycles. The van der Waals surface area contributed by atoms with Crippen LogP contribution in [0.5, 0.6) is 0 Å². The fraction of sp³-hybridized carbons (Fsp3) is 0.435. The monoisotopic (exact) mass is 499 g/mol. The lowest BCUT2D eigenvalue weighted by molar-refractivity contribution is -0.0917. The summed E-state index contributed by atoms with van der Waals surface area (Å²) in [5, 5.41) is 13.5. The van der Waals surface area contributed by atoms with Crippen molar-refractivity contribution in [2.24, 2.45) is 5.92 Å². The Morgan fingerprint density at radius 1 is 1.23 bits per heavy atom. The van der Waals surface area contributed by atoms with Gasteiger partial charge < -0.3 is 25.2 Å². The predicted octanol–water partition coefficient (Wildman–Crippen LogP) is 3.60. The average Bonchev–Trinajstić information content (AvgIpc) is 3.16. The van der Waals surface area contributed by atoms with Crippen molar-refractivity contribution in [1.29, 1.82) is 0 Å². The second-order valence-electron chi connectivity index (χ2n) is 8.85. The number of halogens is 4. The number of hydrogen-bond acceptors (Lipinski definition) is 6. The molecule has 1 unspecified atom stereocenters. The third-order valence-corrected chi connectivity index (χ3v) is 4.89. The second-order valence-corrected chi connectivity index (χ2v) is 8.85. The maximum atomic E-state index is 14.1. The van der Waals surface area contributed by atoms with E-state index in [9.17, 15) is 27.2 Å². The van der Waals surface area contributed by atoms with Crippen molar-refractivity contribution in [3.63, 3.8) is 0 Å². The molecule has 0 spiro atoms. The van der Waals surface area contributed by atoms with Crippen molar-refractivity contribution in [2.45, 2.75) is 39.0 Å². The molecule has 0 bridgehead atoms. The molecule has 1 aromatic heterocycles. The number of allylic oxidation sites excluding steroid dienone is 4. The molecule has 1 aliphatic carbocycles. The van der Waals surface area contributed by atoms with E-state index in [0.29, 0.717) is 0 Å². The summed E-state index contributed by atoms with van der Waals surface area (Å²) in [4.78, 5) is 27.9. The summed E-state index contributed by atoms with van der Waals surface area (Å²) in [6.45, 7) is 4.32. The zero-order valence-electron chi connectivity index (χ0n) is 19.3. The Kier molecular flexibility index (Phi) is 7.53. The first kappa shape index (κ1) is 26.2. The molecule has 3 N–H and O–H groups in total. The number of carbonyl (C=O) groups excluding carboxylic acids is 2. The van der Waals surface area contributed by atoms with Crippen molar-refractivity contribution < 1.29 is 41.7 Å². The van der Waals surface area contributed by atoms with Crippen molar-refractivity contribution >= 4 is 17.6 Å². The summed E-state index contributed by atoms with van der Waals surface area (Å²) in [6, 6.07) is 2.13. The van der Waals surface area contributed by atoms with Gasteiger partial charge in [0.15, 0.2) is 11.5 Å². The number of ether oxygens (including phenoxy) is 2. The number of rotatable bonds is 6. The third kappa shape index (κ3) is 6.59. The van der Waals surface area contributed by atoms with Gasteiger partial charge in [-0.3, -0.25) is 4.79 Å². The summed E-state index contributed by atoms with van der Waals surface area (Å²) < 4.78 is 66.2. The molecule has 2 amide bonds. The van der Waals surface area contributed by atoms with Crippen LogP contribution in [0.3, 0.4) is 0 Å². The van der Waals surface area contributed by atoms with E-state index < -0.39 is 46.8 Å². The van der Waals surface area contributed by atoms with Gasteiger partial charge in [0.1, 0.15) is 17.1 Å². The number of amides is 2. The number of pyridine rings is 1. The zero-order chi connectivity index (χ0) is 26.0. The van der Waals surface area contributed by atoms with Gasteiger partial charge in [0.05, 0.1) is 24.4 Å². The molecule has 1 atom stereocenters. The van der Waals surface area contributed by atoms with E-state index in [1.165, 1.54) is 12.1 Å². The molecule has 12 heteroatoms. The number of fused-ring (bicyclic) bond motifs is 1. The Bertz CT molecular complexity index is 1100. The molecule has 2 aliphatic rings. The highest BCUT2D eigenvalue weighted by Gasteiger charge is 2.43. The highest BCUT2D eigenvalue weighted by molar-refractivity contribution is 5.93. The van der Waals surface area contributed by atoms with E-state index >= 15 is 0 Å². The average molecular weight is 499 g/mol. The quantitative estimate of drug-likeness (QED) is 0.516.